The average molecular weight is 507 g/mol. The minimum Gasteiger partial charge on any atom is -0.360 e. The Morgan fingerprint density at radius 1 is 1.17 bits per heavy atom. The molecule has 0 spiro atoms. The molecule has 35 heavy (non-hydrogen) atoms. The van der Waals surface area contributed by atoms with Crippen LogP contribution in [0.1, 0.15) is 63.9 Å². The molecule has 1 aliphatic carbocycles. The van der Waals surface area contributed by atoms with E-state index in [1.165, 1.54) is 32.1 Å². The minimum atomic E-state index is -0.747. The molecule has 3 atom stereocenters. The van der Waals surface area contributed by atoms with E-state index in [2.05, 4.69) is 16.0 Å². The third-order valence-electron chi connectivity index (χ3n) is 7.79. The molecule has 1 saturated carbocycles. The number of amides is 3. The van der Waals surface area contributed by atoms with Crippen molar-refractivity contribution in [1.82, 2.24) is 20.9 Å². The molecule has 0 bridgehead atoms. The van der Waals surface area contributed by atoms with E-state index < -0.39 is 5.60 Å². The van der Waals surface area contributed by atoms with Gasteiger partial charge in [0.25, 0.3) is 0 Å². The van der Waals surface area contributed by atoms with Gasteiger partial charge < -0.3 is 25.6 Å². The molecule has 3 amide bonds. The van der Waals surface area contributed by atoms with Gasteiger partial charge >= 0.3 is 6.03 Å². The van der Waals surface area contributed by atoms with Crippen LogP contribution in [-0.2, 0) is 15.1 Å². The van der Waals surface area contributed by atoms with E-state index in [9.17, 15) is 9.59 Å². The highest BCUT2D eigenvalue weighted by Crippen LogP contribution is 2.39. The van der Waals surface area contributed by atoms with Crippen molar-refractivity contribution in [2.75, 3.05) is 40.3 Å². The molecule has 196 valence electrons. The maximum absolute atomic E-state index is 13.4. The molecule has 1 heterocycles. The van der Waals surface area contributed by atoms with Crippen LogP contribution in [0.2, 0.25) is 5.02 Å². The monoisotopic (exact) mass is 506 g/mol. The smallest absolute Gasteiger partial charge is 0.317 e. The van der Waals surface area contributed by atoms with E-state index in [0.717, 1.165) is 37.9 Å². The number of benzene rings is 1. The quantitative estimate of drug-likeness (QED) is 0.442. The van der Waals surface area contributed by atoms with E-state index in [-0.39, 0.29) is 30.5 Å². The Bertz CT molecular complexity index is 832. The summed E-state index contributed by atoms with van der Waals surface area (Å²) in [4.78, 5) is 27.3. The van der Waals surface area contributed by atoms with Gasteiger partial charge in [-0.1, -0.05) is 55.8 Å². The number of ether oxygens (including phenoxy) is 1. The van der Waals surface area contributed by atoms with Crippen molar-refractivity contribution < 1.29 is 14.3 Å². The second kappa shape index (κ2) is 13.5. The van der Waals surface area contributed by atoms with Crippen molar-refractivity contribution in [1.29, 1.82) is 0 Å². The lowest BCUT2D eigenvalue weighted by atomic mass is 9.78. The zero-order valence-electron chi connectivity index (χ0n) is 21.6. The Labute approximate surface area is 215 Å². The van der Waals surface area contributed by atoms with Crippen LogP contribution in [0.25, 0.3) is 0 Å². The molecule has 0 aromatic heterocycles. The zero-order chi connectivity index (χ0) is 25.3. The van der Waals surface area contributed by atoms with Crippen LogP contribution in [0, 0.1) is 11.8 Å². The highest BCUT2D eigenvalue weighted by Gasteiger charge is 2.41. The highest BCUT2D eigenvalue weighted by atomic mass is 35.5. The van der Waals surface area contributed by atoms with Crippen molar-refractivity contribution >= 4 is 23.5 Å². The fourth-order valence-electron chi connectivity index (χ4n) is 5.66. The lowest BCUT2D eigenvalue weighted by Crippen LogP contribution is -2.54. The fraction of sp³-hybridized carbons (Fsp3) is 0.704. The second-order valence-electron chi connectivity index (χ2n) is 10.3. The van der Waals surface area contributed by atoms with Gasteiger partial charge in [0, 0.05) is 43.7 Å². The number of likely N-dealkylation sites (tertiary alicyclic amines) is 1. The molecule has 1 saturated heterocycles. The molecule has 1 aromatic carbocycles. The Kier molecular flexibility index (Phi) is 10.7. The fourth-order valence-corrected chi connectivity index (χ4v) is 5.85. The largest absolute Gasteiger partial charge is 0.360 e. The number of carbonyl (C=O) groups excluding carboxylic acids is 2. The Morgan fingerprint density at radius 3 is 2.63 bits per heavy atom. The Morgan fingerprint density at radius 2 is 1.94 bits per heavy atom. The van der Waals surface area contributed by atoms with Gasteiger partial charge in [-0.05, 0) is 56.8 Å². The third kappa shape index (κ3) is 7.83. The molecule has 0 radical (unpaired) electrons. The number of halogens is 1. The number of likely N-dealkylation sites (N-methyl/N-ethyl adjacent to an activating group) is 2. The second-order valence-corrected chi connectivity index (χ2v) is 10.7. The van der Waals surface area contributed by atoms with Crippen LogP contribution in [0.3, 0.4) is 0 Å². The molecule has 2 fully saturated rings. The van der Waals surface area contributed by atoms with Crippen LogP contribution in [0.4, 0.5) is 4.79 Å². The van der Waals surface area contributed by atoms with Gasteiger partial charge in [-0.3, -0.25) is 4.79 Å². The highest BCUT2D eigenvalue weighted by molar-refractivity contribution is 6.30. The normalized spacial score (nSPS) is 21.7. The lowest BCUT2D eigenvalue weighted by molar-refractivity contribution is -0.140. The van der Waals surface area contributed by atoms with Crippen molar-refractivity contribution in [2.45, 2.75) is 69.9 Å². The number of hydrogen-bond acceptors (Lipinski definition) is 4. The summed E-state index contributed by atoms with van der Waals surface area (Å²) in [5.74, 6) is 0.549. The molecular weight excluding hydrogens is 464 g/mol. The van der Waals surface area contributed by atoms with E-state index in [4.69, 9.17) is 16.3 Å². The number of nitrogens with zero attached hydrogens (tertiary/aromatic N) is 1. The first-order valence-electron chi connectivity index (χ1n) is 13.2. The molecule has 1 unspecified atom stereocenters. The van der Waals surface area contributed by atoms with E-state index in [0.29, 0.717) is 17.5 Å². The number of nitrogens with one attached hydrogen (secondary N) is 3. The average Bonchev–Trinajstić information content (AvgIpc) is 2.87. The number of rotatable bonds is 10. The van der Waals surface area contributed by atoms with E-state index in [1.54, 1.807) is 7.05 Å². The topological polar surface area (TPSA) is 82.7 Å². The first kappa shape index (κ1) is 27.8. The summed E-state index contributed by atoms with van der Waals surface area (Å²) in [7, 11) is 3.54. The number of hydrogen-bond donors (Lipinski definition) is 3. The minimum absolute atomic E-state index is 0.00879. The molecule has 7 nitrogen and oxygen atoms in total. The Balaban J connectivity index is 1.70. The molecule has 1 aromatic rings. The molecule has 3 rings (SSSR count). The van der Waals surface area contributed by atoms with Gasteiger partial charge in [-0.15, -0.1) is 0 Å². The van der Waals surface area contributed by atoms with Gasteiger partial charge in [0.15, 0.2) is 0 Å². The summed E-state index contributed by atoms with van der Waals surface area (Å²) in [6.45, 7) is 4.03. The van der Waals surface area contributed by atoms with E-state index >= 15 is 0 Å². The predicted molar refractivity (Wildman–Crippen MR) is 141 cm³/mol. The number of urea groups is 1. The SMILES string of the molecule is CNC[C@@H](CC1CCCCC1)NC(=O)N1CCCC([C@@](C)(OCC(=O)NC)c2cccc(Cl)c2)C1. The standard InChI is InChI=1S/C27H43ClN4O3/c1-27(35-19-25(33)30-3,21-11-7-13-23(28)16-21)22-12-8-14-32(18-22)26(34)31-24(17-29-2)15-20-9-5-4-6-10-20/h7,11,13,16,20,22,24,29H,4-6,8-10,12,14-15,17-19H2,1-3H3,(H,30,33)(H,31,34)/t22?,24-,27+/m1/s1. The number of carbonyl (C=O) groups is 2. The number of piperidine rings is 1. The summed E-state index contributed by atoms with van der Waals surface area (Å²) in [6, 6.07) is 7.74. The van der Waals surface area contributed by atoms with Gasteiger partial charge in [0.1, 0.15) is 6.61 Å². The van der Waals surface area contributed by atoms with Crippen LogP contribution in [0.5, 0.6) is 0 Å². The molecule has 8 heteroatoms. The lowest BCUT2D eigenvalue weighted by Gasteiger charge is -2.44. The van der Waals surface area contributed by atoms with Crippen LogP contribution in [-0.4, -0.2) is 63.2 Å². The summed E-state index contributed by atoms with van der Waals surface area (Å²) in [6.07, 6.45) is 9.29. The molecule has 3 N–H and O–H groups in total. The van der Waals surface area contributed by atoms with Gasteiger partial charge in [0.05, 0.1) is 5.60 Å². The summed E-state index contributed by atoms with van der Waals surface area (Å²) < 4.78 is 6.27. The summed E-state index contributed by atoms with van der Waals surface area (Å²) in [5, 5.41) is 9.82. The van der Waals surface area contributed by atoms with Crippen molar-refractivity contribution in [3.05, 3.63) is 34.9 Å². The van der Waals surface area contributed by atoms with Crippen molar-refractivity contribution in [3.8, 4) is 0 Å². The summed E-state index contributed by atoms with van der Waals surface area (Å²) in [5.41, 5.74) is 0.176. The molecular formula is C27H43ClN4O3. The maximum Gasteiger partial charge on any atom is 0.317 e. The first-order valence-corrected chi connectivity index (χ1v) is 13.5. The maximum atomic E-state index is 13.4. The molecule has 1 aliphatic heterocycles. The molecule has 2 aliphatic rings. The van der Waals surface area contributed by atoms with Gasteiger partial charge in [0.2, 0.25) is 5.91 Å². The third-order valence-corrected chi connectivity index (χ3v) is 8.02. The van der Waals surface area contributed by atoms with Crippen LogP contribution < -0.4 is 16.0 Å². The van der Waals surface area contributed by atoms with Crippen molar-refractivity contribution in [3.63, 3.8) is 0 Å². The summed E-state index contributed by atoms with van der Waals surface area (Å²) >= 11 is 6.31. The zero-order valence-corrected chi connectivity index (χ0v) is 22.3. The first-order chi connectivity index (χ1) is 16.9. The van der Waals surface area contributed by atoms with Gasteiger partial charge in [-0.25, -0.2) is 4.79 Å². The predicted octanol–water partition coefficient (Wildman–Crippen LogP) is 4.30. The Hall–Kier alpha value is -1.83. The van der Waals surface area contributed by atoms with Crippen molar-refractivity contribution in [2.24, 2.45) is 11.8 Å². The van der Waals surface area contributed by atoms with Gasteiger partial charge in [-0.2, -0.15) is 0 Å². The van der Waals surface area contributed by atoms with Crippen LogP contribution >= 0.6 is 11.6 Å². The van der Waals surface area contributed by atoms with E-state index in [1.807, 2.05) is 43.1 Å². The van der Waals surface area contributed by atoms with Crippen LogP contribution in [0.15, 0.2) is 24.3 Å².